The first-order valence-corrected chi connectivity index (χ1v) is 6.80. The lowest BCUT2D eigenvalue weighted by Gasteiger charge is -2.13. The smallest absolute Gasteiger partial charge is 0.122 e. The van der Waals surface area contributed by atoms with Crippen LogP contribution in [0.25, 0.3) is 0 Å². The molecule has 2 aromatic rings. The van der Waals surface area contributed by atoms with Gasteiger partial charge < -0.3 is 9.84 Å². The zero-order valence-corrected chi connectivity index (χ0v) is 11.8. The van der Waals surface area contributed by atoms with Gasteiger partial charge in [0.1, 0.15) is 5.75 Å². The molecule has 2 rings (SSSR count). The maximum atomic E-state index is 10.3. The fourth-order valence-electron chi connectivity index (χ4n) is 2.17. The van der Waals surface area contributed by atoms with Gasteiger partial charge in [0.15, 0.2) is 0 Å². The number of rotatable bonds is 4. The van der Waals surface area contributed by atoms with Crippen molar-refractivity contribution < 1.29 is 9.84 Å². The van der Waals surface area contributed by atoms with Gasteiger partial charge in [-0.3, -0.25) is 0 Å². The van der Waals surface area contributed by atoms with E-state index in [0.717, 1.165) is 16.9 Å². The van der Waals surface area contributed by atoms with Crippen molar-refractivity contribution >= 4 is 11.3 Å². The summed E-state index contributed by atoms with van der Waals surface area (Å²) in [6.07, 6.45) is 0.118. The molecule has 0 aliphatic carbocycles. The zero-order chi connectivity index (χ0) is 13.1. The number of para-hydroxylation sites is 1. The molecule has 1 heterocycles. The molecule has 1 atom stereocenters. The van der Waals surface area contributed by atoms with Crippen LogP contribution in [0.5, 0.6) is 5.75 Å². The van der Waals surface area contributed by atoms with Crippen LogP contribution in [0.4, 0.5) is 0 Å². The molecule has 18 heavy (non-hydrogen) atoms. The number of hydrogen-bond donors (Lipinski definition) is 1. The molecule has 3 heteroatoms. The predicted molar refractivity (Wildman–Crippen MR) is 75.5 cm³/mol. The molecule has 2 nitrogen and oxygen atoms in total. The Hall–Kier alpha value is -1.32. The predicted octanol–water partition coefficient (Wildman–Crippen LogP) is 3.65. The van der Waals surface area contributed by atoms with Gasteiger partial charge in [-0.15, -0.1) is 11.3 Å². The van der Waals surface area contributed by atoms with Gasteiger partial charge in [0, 0.05) is 16.2 Å². The molecule has 0 fully saturated rings. The van der Waals surface area contributed by atoms with Gasteiger partial charge >= 0.3 is 0 Å². The van der Waals surface area contributed by atoms with E-state index in [-0.39, 0.29) is 0 Å². The Balaban J connectivity index is 2.21. The third kappa shape index (κ3) is 2.74. The van der Waals surface area contributed by atoms with E-state index in [1.165, 1.54) is 9.75 Å². The van der Waals surface area contributed by atoms with Crippen molar-refractivity contribution in [3.05, 3.63) is 51.2 Å². The highest BCUT2D eigenvalue weighted by atomic mass is 32.1. The number of ether oxygens (including phenoxy) is 1. The lowest BCUT2D eigenvalue weighted by molar-refractivity contribution is 0.177. The summed E-state index contributed by atoms with van der Waals surface area (Å²) in [4.78, 5) is 2.43. The first-order chi connectivity index (χ1) is 8.61. The van der Waals surface area contributed by atoms with E-state index in [9.17, 15) is 5.11 Å². The Morgan fingerprint density at radius 1 is 1.28 bits per heavy atom. The molecular formula is C15H18O2S. The van der Waals surface area contributed by atoms with Gasteiger partial charge in [0.05, 0.1) is 13.2 Å². The topological polar surface area (TPSA) is 29.5 Å². The number of hydrogen-bond acceptors (Lipinski definition) is 3. The average molecular weight is 262 g/mol. The van der Waals surface area contributed by atoms with Crippen molar-refractivity contribution in [2.75, 3.05) is 7.11 Å². The fourth-order valence-corrected chi connectivity index (χ4v) is 3.15. The normalized spacial score (nSPS) is 12.4. The second-order valence-corrected chi connectivity index (χ2v) is 5.86. The lowest BCUT2D eigenvalue weighted by atomic mass is 10.0. The summed E-state index contributed by atoms with van der Waals surface area (Å²) in [5, 5.41) is 10.3. The van der Waals surface area contributed by atoms with Gasteiger partial charge in [0.25, 0.3) is 0 Å². The molecule has 0 saturated carbocycles. The monoisotopic (exact) mass is 262 g/mol. The minimum Gasteiger partial charge on any atom is -0.496 e. The minimum atomic E-state index is -0.466. The highest BCUT2D eigenvalue weighted by Gasteiger charge is 2.15. The van der Waals surface area contributed by atoms with E-state index in [2.05, 4.69) is 19.9 Å². The van der Waals surface area contributed by atoms with E-state index in [0.29, 0.717) is 6.42 Å². The maximum absolute atomic E-state index is 10.3. The molecule has 0 radical (unpaired) electrons. The molecule has 96 valence electrons. The Kier molecular flexibility index (Phi) is 4.04. The van der Waals surface area contributed by atoms with Crippen molar-refractivity contribution in [1.82, 2.24) is 0 Å². The van der Waals surface area contributed by atoms with Gasteiger partial charge in [-0.25, -0.2) is 0 Å². The lowest BCUT2D eigenvalue weighted by Crippen LogP contribution is -2.03. The molecule has 1 aromatic carbocycles. The summed E-state index contributed by atoms with van der Waals surface area (Å²) in [5.74, 6) is 0.834. The Morgan fingerprint density at radius 2 is 2.00 bits per heavy atom. The van der Waals surface area contributed by atoms with E-state index in [4.69, 9.17) is 4.74 Å². The van der Waals surface area contributed by atoms with Crippen LogP contribution in [0.1, 0.15) is 27.0 Å². The van der Waals surface area contributed by atoms with Gasteiger partial charge in [-0.05, 0) is 37.1 Å². The summed E-state index contributed by atoms with van der Waals surface area (Å²) in [6, 6.07) is 9.90. The van der Waals surface area contributed by atoms with Crippen LogP contribution < -0.4 is 4.74 Å². The van der Waals surface area contributed by atoms with Crippen LogP contribution in [0, 0.1) is 13.8 Å². The van der Waals surface area contributed by atoms with Crippen LogP contribution in [-0.2, 0) is 6.42 Å². The average Bonchev–Trinajstić information content (AvgIpc) is 2.69. The van der Waals surface area contributed by atoms with E-state index in [1.807, 2.05) is 24.3 Å². The quantitative estimate of drug-likeness (QED) is 0.911. The second kappa shape index (κ2) is 5.55. The second-order valence-electron chi connectivity index (χ2n) is 4.40. The van der Waals surface area contributed by atoms with Gasteiger partial charge in [0.2, 0.25) is 0 Å². The van der Waals surface area contributed by atoms with E-state index in [1.54, 1.807) is 18.4 Å². The SMILES string of the molecule is COc1ccccc1CC(O)c1cc(C)sc1C. The molecular weight excluding hydrogens is 244 g/mol. The molecule has 1 N–H and O–H groups in total. The van der Waals surface area contributed by atoms with Gasteiger partial charge in [-0.1, -0.05) is 18.2 Å². The zero-order valence-electron chi connectivity index (χ0n) is 10.9. The number of aliphatic hydroxyl groups is 1. The summed E-state index contributed by atoms with van der Waals surface area (Å²) in [5.41, 5.74) is 2.07. The van der Waals surface area contributed by atoms with Crippen molar-refractivity contribution in [2.45, 2.75) is 26.4 Å². The van der Waals surface area contributed by atoms with Crippen molar-refractivity contribution in [3.63, 3.8) is 0 Å². The molecule has 0 bridgehead atoms. The Bertz CT molecular complexity index is 531. The van der Waals surface area contributed by atoms with E-state index >= 15 is 0 Å². The Morgan fingerprint density at radius 3 is 2.61 bits per heavy atom. The summed E-state index contributed by atoms with van der Waals surface area (Å²) >= 11 is 1.73. The molecule has 0 saturated heterocycles. The van der Waals surface area contributed by atoms with Crippen LogP contribution in [0.3, 0.4) is 0 Å². The van der Waals surface area contributed by atoms with Gasteiger partial charge in [-0.2, -0.15) is 0 Å². The number of methoxy groups -OCH3 is 1. The van der Waals surface area contributed by atoms with Crippen LogP contribution >= 0.6 is 11.3 Å². The van der Waals surface area contributed by atoms with Crippen molar-refractivity contribution in [1.29, 1.82) is 0 Å². The van der Waals surface area contributed by atoms with E-state index < -0.39 is 6.10 Å². The van der Waals surface area contributed by atoms with Crippen LogP contribution in [0.15, 0.2) is 30.3 Å². The Labute approximate surface area is 112 Å². The van der Waals surface area contributed by atoms with Crippen molar-refractivity contribution in [2.24, 2.45) is 0 Å². The molecule has 0 amide bonds. The fraction of sp³-hybridized carbons (Fsp3) is 0.333. The third-order valence-electron chi connectivity index (χ3n) is 3.04. The highest BCUT2D eigenvalue weighted by Crippen LogP contribution is 2.30. The summed E-state index contributed by atoms with van der Waals surface area (Å²) in [6.45, 7) is 4.12. The molecule has 1 aromatic heterocycles. The minimum absolute atomic E-state index is 0.466. The first kappa shape index (κ1) is 13.1. The molecule has 0 spiro atoms. The number of aryl methyl sites for hydroxylation is 2. The molecule has 0 aliphatic heterocycles. The van der Waals surface area contributed by atoms with Crippen LogP contribution in [0.2, 0.25) is 0 Å². The van der Waals surface area contributed by atoms with Crippen molar-refractivity contribution in [3.8, 4) is 5.75 Å². The standard InChI is InChI=1S/C15H18O2S/c1-10-8-13(11(2)18-10)14(16)9-12-6-4-5-7-15(12)17-3/h4-8,14,16H,9H2,1-3H3. The largest absolute Gasteiger partial charge is 0.496 e. The number of benzene rings is 1. The summed E-state index contributed by atoms with van der Waals surface area (Å²) < 4.78 is 5.31. The molecule has 1 unspecified atom stereocenters. The maximum Gasteiger partial charge on any atom is 0.122 e. The number of aliphatic hydroxyl groups excluding tert-OH is 1. The summed E-state index contributed by atoms with van der Waals surface area (Å²) in [7, 11) is 1.66. The first-order valence-electron chi connectivity index (χ1n) is 5.98. The van der Waals surface area contributed by atoms with Crippen LogP contribution in [-0.4, -0.2) is 12.2 Å². The molecule has 0 aliphatic rings. The number of thiophene rings is 1. The highest BCUT2D eigenvalue weighted by molar-refractivity contribution is 7.12. The third-order valence-corrected chi connectivity index (χ3v) is 4.03.